The largest absolute Gasteiger partial charge is 0.353 e. The molecule has 4 heteroatoms. The molecule has 1 atom stereocenters. The van der Waals surface area contributed by atoms with Gasteiger partial charge in [0.2, 0.25) is 5.91 Å². The van der Waals surface area contributed by atoms with Crippen LogP contribution in [0.15, 0.2) is 0 Å². The van der Waals surface area contributed by atoms with Crippen LogP contribution in [0.25, 0.3) is 0 Å². The van der Waals surface area contributed by atoms with Gasteiger partial charge >= 0.3 is 0 Å². The number of rotatable bonds is 3. The molecule has 2 fully saturated rings. The second-order valence-corrected chi connectivity index (χ2v) is 3.91. The van der Waals surface area contributed by atoms with Gasteiger partial charge < -0.3 is 14.8 Å². The summed E-state index contributed by atoms with van der Waals surface area (Å²) < 4.78 is 10.7. The number of ether oxygens (including phenoxy) is 2. The van der Waals surface area contributed by atoms with Gasteiger partial charge in [0.05, 0.1) is 13.2 Å². The zero-order valence-corrected chi connectivity index (χ0v) is 8.33. The van der Waals surface area contributed by atoms with E-state index in [0.29, 0.717) is 25.7 Å². The molecule has 0 aromatic carbocycles. The minimum Gasteiger partial charge on any atom is -0.353 e. The van der Waals surface area contributed by atoms with Gasteiger partial charge in [0, 0.05) is 18.9 Å². The van der Waals surface area contributed by atoms with E-state index in [0.717, 1.165) is 25.7 Å². The minimum atomic E-state index is -0.0335. The molecule has 2 aliphatic rings. The molecule has 1 unspecified atom stereocenters. The first-order chi connectivity index (χ1) is 6.84. The second kappa shape index (κ2) is 4.75. The SMILES string of the molecule is O=C1CCCC(CCC2OCCO2)N1. The Bertz CT molecular complexity index is 202. The van der Waals surface area contributed by atoms with Crippen LogP contribution in [0.3, 0.4) is 0 Å². The highest BCUT2D eigenvalue weighted by Crippen LogP contribution is 2.17. The van der Waals surface area contributed by atoms with Crippen molar-refractivity contribution in [2.45, 2.75) is 44.4 Å². The van der Waals surface area contributed by atoms with Crippen molar-refractivity contribution in [1.82, 2.24) is 5.32 Å². The maximum absolute atomic E-state index is 11.1. The highest BCUT2D eigenvalue weighted by atomic mass is 16.7. The molecule has 0 bridgehead atoms. The molecule has 0 aliphatic carbocycles. The number of carbonyl (C=O) groups is 1. The summed E-state index contributed by atoms with van der Waals surface area (Å²) in [6.07, 6.45) is 4.63. The number of nitrogens with one attached hydrogen (secondary N) is 1. The van der Waals surface area contributed by atoms with Crippen LogP contribution in [-0.2, 0) is 14.3 Å². The molecule has 80 valence electrons. The molecule has 2 saturated heterocycles. The van der Waals surface area contributed by atoms with Gasteiger partial charge in [0.15, 0.2) is 6.29 Å². The number of amides is 1. The average Bonchev–Trinajstić information content (AvgIpc) is 2.67. The lowest BCUT2D eigenvalue weighted by atomic mass is 10.00. The third-order valence-corrected chi connectivity index (χ3v) is 2.76. The van der Waals surface area contributed by atoms with E-state index in [-0.39, 0.29) is 12.2 Å². The van der Waals surface area contributed by atoms with Gasteiger partial charge in [-0.05, 0) is 19.3 Å². The first-order valence-electron chi connectivity index (χ1n) is 5.37. The number of carbonyl (C=O) groups excluding carboxylic acids is 1. The summed E-state index contributed by atoms with van der Waals surface area (Å²) in [5.41, 5.74) is 0. The fraction of sp³-hybridized carbons (Fsp3) is 0.900. The predicted molar refractivity (Wildman–Crippen MR) is 50.7 cm³/mol. The highest BCUT2D eigenvalue weighted by molar-refractivity contribution is 5.76. The topological polar surface area (TPSA) is 47.6 Å². The van der Waals surface area contributed by atoms with Gasteiger partial charge in [-0.25, -0.2) is 0 Å². The molecular formula is C10H17NO3. The number of piperidine rings is 1. The van der Waals surface area contributed by atoms with Crippen molar-refractivity contribution < 1.29 is 14.3 Å². The van der Waals surface area contributed by atoms with Crippen LogP contribution in [0.1, 0.15) is 32.1 Å². The van der Waals surface area contributed by atoms with E-state index in [1.165, 1.54) is 0 Å². The molecule has 2 heterocycles. The van der Waals surface area contributed by atoms with Crippen molar-refractivity contribution in [3.8, 4) is 0 Å². The quantitative estimate of drug-likeness (QED) is 0.731. The predicted octanol–water partition coefficient (Wildman–Crippen LogP) is 0.808. The third kappa shape index (κ3) is 2.69. The summed E-state index contributed by atoms with van der Waals surface area (Å²) in [5.74, 6) is 0.189. The monoisotopic (exact) mass is 199 g/mol. The van der Waals surface area contributed by atoms with E-state index < -0.39 is 0 Å². The Morgan fingerprint density at radius 3 is 2.79 bits per heavy atom. The van der Waals surface area contributed by atoms with Crippen LogP contribution in [0.5, 0.6) is 0 Å². The lowest BCUT2D eigenvalue weighted by Crippen LogP contribution is -2.39. The van der Waals surface area contributed by atoms with Crippen molar-refractivity contribution in [1.29, 1.82) is 0 Å². The van der Waals surface area contributed by atoms with Crippen molar-refractivity contribution in [3.05, 3.63) is 0 Å². The molecule has 4 nitrogen and oxygen atoms in total. The first kappa shape index (κ1) is 9.93. The third-order valence-electron chi connectivity index (χ3n) is 2.76. The zero-order chi connectivity index (χ0) is 9.80. The Hall–Kier alpha value is -0.610. The highest BCUT2D eigenvalue weighted by Gasteiger charge is 2.21. The van der Waals surface area contributed by atoms with Crippen LogP contribution in [0.4, 0.5) is 0 Å². The fourth-order valence-electron chi connectivity index (χ4n) is 2.01. The summed E-state index contributed by atoms with van der Waals surface area (Å²) in [6.45, 7) is 1.42. The lowest BCUT2D eigenvalue weighted by Gasteiger charge is -2.23. The Morgan fingerprint density at radius 1 is 1.29 bits per heavy atom. The van der Waals surface area contributed by atoms with Gasteiger partial charge in [0.1, 0.15) is 0 Å². The Balaban J connectivity index is 1.66. The molecule has 1 amide bonds. The van der Waals surface area contributed by atoms with Crippen LogP contribution in [-0.4, -0.2) is 31.5 Å². The molecule has 2 rings (SSSR count). The van der Waals surface area contributed by atoms with Gasteiger partial charge in [-0.3, -0.25) is 4.79 Å². The molecule has 2 aliphatic heterocycles. The van der Waals surface area contributed by atoms with Crippen LogP contribution >= 0.6 is 0 Å². The van der Waals surface area contributed by atoms with Crippen molar-refractivity contribution in [2.75, 3.05) is 13.2 Å². The summed E-state index contributed by atoms with van der Waals surface area (Å²) >= 11 is 0. The van der Waals surface area contributed by atoms with E-state index in [1.807, 2.05) is 0 Å². The van der Waals surface area contributed by atoms with E-state index in [1.54, 1.807) is 0 Å². The standard InChI is InChI=1S/C10H17NO3/c12-9-3-1-2-8(11-9)4-5-10-13-6-7-14-10/h8,10H,1-7H2,(H,11,12). The zero-order valence-electron chi connectivity index (χ0n) is 8.33. The van der Waals surface area contributed by atoms with Gasteiger partial charge in [0.25, 0.3) is 0 Å². The molecule has 14 heavy (non-hydrogen) atoms. The normalized spacial score (nSPS) is 29.1. The van der Waals surface area contributed by atoms with Crippen molar-refractivity contribution in [3.63, 3.8) is 0 Å². The summed E-state index contributed by atoms with van der Waals surface area (Å²) in [4.78, 5) is 11.1. The minimum absolute atomic E-state index is 0.0335. The molecular weight excluding hydrogens is 182 g/mol. The maximum Gasteiger partial charge on any atom is 0.220 e. The summed E-state index contributed by atoms with van der Waals surface area (Å²) in [6, 6.07) is 0.337. The molecule has 0 spiro atoms. The molecule has 1 N–H and O–H groups in total. The Labute approximate surface area is 84.0 Å². The molecule has 0 aromatic rings. The lowest BCUT2D eigenvalue weighted by molar-refractivity contribution is -0.123. The van der Waals surface area contributed by atoms with Crippen LogP contribution < -0.4 is 5.32 Å². The van der Waals surface area contributed by atoms with Gasteiger partial charge in [-0.2, -0.15) is 0 Å². The van der Waals surface area contributed by atoms with E-state index in [4.69, 9.17) is 9.47 Å². The smallest absolute Gasteiger partial charge is 0.220 e. The Kier molecular flexibility index (Phi) is 3.37. The van der Waals surface area contributed by atoms with Crippen molar-refractivity contribution in [2.24, 2.45) is 0 Å². The van der Waals surface area contributed by atoms with Crippen LogP contribution in [0.2, 0.25) is 0 Å². The number of hydrogen-bond acceptors (Lipinski definition) is 3. The first-order valence-corrected chi connectivity index (χ1v) is 5.37. The molecule has 0 aromatic heterocycles. The molecule has 0 saturated carbocycles. The van der Waals surface area contributed by atoms with Crippen molar-refractivity contribution >= 4 is 5.91 Å². The average molecular weight is 199 g/mol. The summed E-state index contributed by atoms with van der Waals surface area (Å²) in [5, 5.41) is 2.99. The fourth-order valence-corrected chi connectivity index (χ4v) is 2.01. The van der Waals surface area contributed by atoms with E-state index in [9.17, 15) is 4.79 Å². The van der Waals surface area contributed by atoms with E-state index >= 15 is 0 Å². The Morgan fingerprint density at radius 2 is 2.07 bits per heavy atom. The van der Waals surface area contributed by atoms with E-state index in [2.05, 4.69) is 5.32 Å². The number of hydrogen-bond donors (Lipinski definition) is 1. The van der Waals surface area contributed by atoms with Gasteiger partial charge in [-0.1, -0.05) is 0 Å². The van der Waals surface area contributed by atoms with Crippen LogP contribution in [0, 0.1) is 0 Å². The van der Waals surface area contributed by atoms with Gasteiger partial charge in [-0.15, -0.1) is 0 Å². The molecule has 0 radical (unpaired) electrons. The second-order valence-electron chi connectivity index (χ2n) is 3.91. The summed E-state index contributed by atoms with van der Waals surface area (Å²) in [7, 11) is 0. The maximum atomic E-state index is 11.1.